The Morgan fingerprint density at radius 2 is 1.43 bits per heavy atom. The fourth-order valence-electron chi connectivity index (χ4n) is 6.43. The minimum Gasteiger partial charge on any atom is -0.367 e. The summed E-state index contributed by atoms with van der Waals surface area (Å²) in [6.45, 7) is 0.639. The number of nitrogens with zero attached hydrogens (tertiary/aromatic N) is 3. The molecule has 5 aromatic carbocycles. The summed E-state index contributed by atoms with van der Waals surface area (Å²) in [6.07, 6.45) is 4.15. The Kier molecular flexibility index (Phi) is 5.74. The lowest BCUT2D eigenvalue weighted by Crippen LogP contribution is -2.37. The molecule has 0 spiro atoms. The van der Waals surface area contributed by atoms with Crippen LogP contribution in [0.25, 0.3) is 47.8 Å². The number of hydrogen-bond acceptors (Lipinski definition) is 5. The van der Waals surface area contributed by atoms with Gasteiger partial charge in [-0.25, -0.2) is 9.98 Å². The number of nitrogens with one attached hydrogen (secondary N) is 2. The second kappa shape index (κ2) is 10.1. The molecule has 9 rings (SSSR count). The van der Waals surface area contributed by atoms with Crippen LogP contribution in [0.15, 0.2) is 149 Å². The predicted molar refractivity (Wildman–Crippen MR) is 185 cm³/mol. The number of thiophene rings is 1. The Balaban J connectivity index is 1.16. The van der Waals surface area contributed by atoms with Crippen molar-refractivity contribution in [3.8, 4) is 0 Å². The number of aromatic nitrogens is 1. The maximum absolute atomic E-state index is 5.01. The highest BCUT2D eigenvalue weighted by molar-refractivity contribution is 7.26. The monoisotopic (exact) mass is 585 g/mol. The highest BCUT2D eigenvalue weighted by Gasteiger charge is 2.24. The molecule has 7 aromatic rings. The molecule has 0 amide bonds. The van der Waals surface area contributed by atoms with Crippen molar-refractivity contribution in [2.24, 2.45) is 9.98 Å². The molecule has 5 nitrogen and oxygen atoms in total. The molecule has 0 radical (unpaired) electrons. The molecule has 2 aliphatic heterocycles. The molecule has 2 aromatic heterocycles. The summed E-state index contributed by atoms with van der Waals surface area (Å²) in [5.74, 6) is 2.62. The predicted octanol–water partition coefficient (Wildman–Crippen LogP) is 8.64. The lowest BCUT2D eigenvalue weighted by Gasteiger charge is -2.27. The first-order valence-corrected chi connectivity index (χ1v) is 15.7. The van der Waals surface area contributed by atoms with Crippen molar-refractivity contribution in [1.29, 1.82) is 0 Å². The number of amidine groups is 2. The first kappa shape index (κ1) is 25.1. The number of allylic oxidation sites excluding steroid dienone is 2. The second-order valence-electron chi connectivity index (χ2n) is 11.1. The molecule has 44 heavy (non-hydrogen) atoms. The van der Waals surface area contributed by atoms with Crippen molar-refractivity contribution in [2.45, 2.75) is 6.17 Å². The van der Waals surface area contributed by atoms with E-state index in [1.54, 1.807) is 0 Å². The smallest absolute Gasteiger partial charge is 0.159 e. The number of benzene rings is 5. The van der Waals surface area contributed by atoms with E-state index < -0.39 is 0 Å². The Hall–Kier alpha value is -5.46. The Labute approximate surface area is 258 Å². The highest BCUT2D eigenvalue weighted by Crippen LogP contribution is 2.43. The third-order valence-corrected chi connectivity index (χ3v) is 9.72. The van der Waals surface area contributed by atoms with Crippen molar-refractivity contribution < 1.29 is 0 Å². The lowest BCUT2D eigenvalue weighted by molar-refractivity contribution is 0.671. The average Bonchev–Trinajstić information content (AvgIpc) is 3.65. The molecule has 1 atom stereocenters. The summed E-state index contributed by atoms with van der Waals surface area (Å²) in [4.78, 5) is 9.99. The molecule has 0 aliphatic carbocycles. The number of para-hydroxylation sites is 1. The van der Waals surface area contributed by atoms with Crippen LogP contribution in [0.2, 0.25) is 0 Å². The first-order valence-electron chi connectivity index (χ1n) is 14.8. The largest absolute Gasteiger partial charge is 0.367 e. The third kappa shape index (κ3) is 3.99. The summed E-state index contributed by atoms with van der Waals surface area (Å²) in [5, 5.41) is 12.6. The fraction of sp³-hybridized carbons (Fsp3) is 0.0526. The van der Waals surface area contributed by atoms with E-state index in [-0.39, 0.29) is 6.17 Å². The van der Waals surface area contributed by atoms with Crippen LogP contribution in [-0.4, -0.2) is 22.8 Å². The van der Waals surface area contributed by atoms with E-state index in [1.165, 1.54) is 42.0 Å². The molecule has 0 fully saturated rings. The molecule has 210 valence electrons. The number of hydrogen-bond donors (Lipinski definition) is 2. The molecular weight excluding hydrogens is 559 g/mol. The van der Waals surface area contributed by atoms with Gasteiger partial charge in [-0.05, 0) is 35.9 Å². The lowest BCUT2D eigenvalue weighted by atomic mass is 10.1. The summed E-state index contributed by atoms with van der Waals surface area (Å²) in [5.41, 5.74) is 5.60. The Bertz CT molecular complexity index is 2360. The van der Waals surface area contributed by atoms with Crippen LogP contribution in [0.4, 0.5) is 0 Å². The standard InChI is InChI=1S/C38H27N5S/c1-3-11-24(12-4-1)36-40-37(25-13-5-2-6-14-25)42-38(41-36)26-19-22-33(39-23-26)43-30-17-9-7-16-29(30)34-31(43)21-20-28-27-15-8-10-18-32(27)44-35(28)34/h1-22,36,39H,23H2,(H,40,41,42). The van der Waals surface area contributed by atoms with Crippen LogP contribution in [0, 0.1) is 0 Å². The summed E-state index contributed by atoms with van der Waals surface area (Å²) < 4.78 is 5.02. The van der Waals surface area contributed by atoms with Crippen LogP contribution >= 0.6 is 11.3 Å². The first-order chi connectivity index (χ1) is 21.8. The van der Waals surface area contributed by atoms with Crippen molar-refractivity contribution in [3.05, 3.63) is 150 Å². The van der Waals surface area contributed by atoms with Crippen LogP contribution in [0.1, 0.15) is 17.3 Å². The quantitative estimate of drug-likeness (QED) is 0.217. The van der Waals surface area contributed by atoms with Gasteiger partial charge in [-0.2, -0.15) is 0 Å². The molecule has 0 saturated carbocycles. The van der Waals surface area contributed by atoms with E-state index in [2.05, 4.69) is 124 Å². The maximum atomic E-state index is 5.01. The zero-order valence-corrected chi connectivity index (χ0v) is 24.6. The summed E-state index contributed by atoms with van der Waals surface area (Å²) >= 11 is 1.88. The summed E-state index contributed by atoms with van der Waals surface area (Å²) in [7, 11) is 0. The van der Waals surface area contributed by atoms with E-state index in [0.717, 1.165) is 34.2 Å². The highest BCUT2D eigenvalue weighted by atomic mass is 32.1. The van der Waals surface area contributed by atoms with Gasteiger partial charge in [-0.15, -0.1) is 11.3 Å². The van der Waals surface area contributed by atoms with Gasteiger partial charge in [0.05, 0.1) is 11.0 Å². The molecule has 1 unspecified atom stereocenters. The number of aliphatic imine (C=N–C) groups is 2. The minimum absolute atomic E-state index is 0.216. The molecule has 6 heteroatoms. The van der Waals surface area contributed by atoms with Crippen LogP contribution in [0.5, 0.6) is 0 Å². The van der Waals surface area contributed by atoms with Gasteiger partial charge in [0.15, 0.2) is 5.84 Å². The van der Waals surface area contributed by atoms with Gasteiger partial charge in [-0.3, -0.25) is 4.57 Å². The molecule has 2 aliphatic rings. The molecule has 4 heterocycles. The average molecular weight is 586 g/mol. The molecule has 2 N–H and O–H groups in total. The zero-order valence-electron chi connectivity index (χ0n) is 23.7. The number of fused-ring (bicyclic) bond motifs is 7. The van der Waals surface area contributed by atoms with E-state index in [4.69, 9.17) is 9.98 Å². The van der Waals surface area contributed by atoms with Gasteiger partial charge in [0.25, 0.3) is 0 Å². The van der Waals surface area contributed by atoms with Gasteiger partial charge in [-0.1, -0.05) is 103 Å². The number of dihydropyridines is 1. The third-order valence-electron chi connectivity index (χ3n) is 8.52. The van der Waals surface area contributed by atoms with Crippen LogP contribution < -0.4 is 10.6 Å². The van der Waals surface area contributed by atoms with Gasteiger partial charge >= 0.3 is 0 Å². The van der Waals surface area contributed by atoms with Crippen molar-refractivity contribution in [3.63, 3.8) is 0 Å². The zero-order chi connectivity index (χ0) is 29.0. The molecular formula is C38H27N5S. The van der Waals surface area contributed by atoms with Gasteiger partial charge in [0.1, 0.15) is 17.8 Å². The van der Waals surface area contributed by atoms with Crippen LogP contribution in [-0.2, 0) is 0 Å². The van der Waals surface area contributed by atoms with Gasteiger partial charge < -0.3 is 10.6 Å². The van der Waals surface area contributed by atoms with Crippen LogP contribution in [0.3, 0.4) is 0 Å². The SMILES string of the molecule is C1=C(C2=NC(c3ccccc3)=NC(c3ccccc3)N2)CNC(n2c3ccccc3c3c4sc5ccccc5c4ccc32)=C1. The Morgan fingerprint density at radius 3 is 2.25 bits per heavy atom. The minimum atomic E-state index is -0.216. The molecule has 0 saturated heterocycles. The van der Waals surface area contributed by atoms with Crippen molar-refractivity contribution in [1.82, 2.24) is 15.2 Å². The topological polar surface area (TPSA) is 53.7 Å². The van der Waals surface area contributed by atoms with Crippen molar-refractivity contribution >= 4 is 70.8 Å². The van der Waals surface area contributed by atoms with E-state index in [1.807, 2.05) is 35.6 Å². The molecule has 0 bridgehead atoms. The normalized spacial score (nSPS) is 16.8. The fourth-order valence-corrected chi connectivity index (χ4v) is 7.69. The van der Waals surface area contributed by atoms with E-state index in [0.29, 0.717) is 6.54 Å². The Morgan fingerprint density at radius 1 is 0.682 bits per heavy atom. The van der Waals surface area contributed by atoms with Crippen molar-refractivity contribution in [2.75, 3.05) is 6.54 Å². The second-order valence-corrected chi connectivity index (χ2v) is 12.2. The number of rotatable bonds is 4. The maximum Gasteiger partial charge on any atom is 0.159 e. The van der Waals surface area contributed by atoms with E-state index >= 15 is 0 Å². The summed E-state index contributed by atoms with van der Waals surface area (Å²) in [6, 6.07) is 42.5. The van der Waals surface area contributed by atoms with Gasteiger partial charge in [0, 0.05) is 48.6 Å². The van der Waals surface area contributed by atoms with E-state index in [9.17, 15) is 0 Å². The van der Waals surface area contributed by atoms with Gasteiger partial charge in [0.2, 0.25) is 0 Å².